The molecule has 0 amide bonds. The number of carbonyl (C=O) groups excluding carboxylic acids is 1. The Hall–Kier alpha value is -5.26. The van der Waals surface area contributed by atoms with Gasteiger partial charge in [-0.25, -0.2) is 4.98 Å². The van der Waals surface area contributed by atoms with Crippen LogP contribution >= 0.6 is 0 Å². The molecule has 12 heteroatoms. The number of nitrogens with two attached hydrogens (primary N) is 1. The van der Waals surface area contributed by atoms with E-state index in [1.807, 2.05) is 12.1 Å². The number of carboxylic acids is 2. The zero-order valence-electron chi connectivity index (χ0n) is 18.6. The first-order valence-electron chi connectivity index (χ1n) is 10.7. The molecule has 36 heavy (non-hydrogen) atoms. The highest BCUT2D eigenvalue weighted by molar-refractivity contribution is 6.04. The smallest absolute Gasteiger partial charge is 0.323 e. The van der Waals surface area contributed by atoms with Crippen LogP contribution in [0, 0.1) is 0 Å². The molecule has 0 aliphatic carbocycles. The number of fused-ring (bicyclic) bond motifs is 2. The lowest BCUT2D eigenvalue weighted by Crippen LogP contribution is -2.15. The summed E-state index contributed by atoms with van der Waals surface area (Å²) in [6, 6.07) is 10.6. The van der Waals surface area contributed by atoms with E-state index in [9.17, 15) is 24.6 Å². The summed E-state index contributed by atoms with van der Waals surface area (Å²) < 4.78 is 1.35. The Morgan fingerprint density at radius 1 is 1.14 bits per heavy atom. The molecule has 0 unspecified atom stereocenters. The number of aromatic amines is 1. The van der Waals surface area contributed by atoms with Crippen LogP contribution in [0.2, 0.25) is 0 Å². The summed E-state index contributed by atoms with van der Waals surface area (Å²) in [4.78, 5) is 43.0. The van der Waals surface area contributed by atoms with Crippen LogP contribution in [0.4, 0.5) is 17.5 Å². The van der Waals surface area contributed by atoms with Gasteiger partial charge < -0.3 is 25.8 Å². The lowest BCUT2D eigenvalue weighted by molar-refractivity contribution is -0.138. The fourth-order valence-electron chi connectivity index (χ4n) is 4.33. The maximum Gasteiger partial charge on any atom is 0.323 e. The van der Waals surface area contributed by atoms with Crippen molar-refractivity contribution in [3.63, 3.8) is 0 Å². The van der Waals surface area contributed by atoms with Gasteiger partial charge in [0.15, 0.2) is 6.29 Å². The number of nitrogen functional groups attached to an aromatic ring is 1. The van der Waals surface area contributed by atoms with Gasteiger partial charge in [0.2, 0.25) is 5.95 Å². The van der Waals surface area contributed by atoms with E-state index in [4.69, 9.17) is 5.73 Å². The quantitative estimate of drug-likeness (QED) is 0.204. The van der Waals surface area contributed by atoms with E-state index < -0.39 is 24.9 Å². The molecule has 0 atom stereocenters. The molecule has 0 aliphatic rings. The molecule has 5 rings (SSSR count). The predicted octanol–water partition coefficient (Wildman–Crippen LogP) is 2.82. The van der Waals surface area contributed by atoms with Crippen LogP contribution in [0.15, 0.2) is 48.8 Å². The molecule has 3 heterocycles. The first-order valence-corrected chi connectivity index (χ1v) is 10.7. The van der Waals surface area contributed by atoms with E-state index in [-0.39, 0.29) is 17.2 Å². The Morgan fingerprint density at radius 3 is 2.69 bits per heavy atom. The number of benzene rings is 2. The van der Waals surface area contributed by atoms with Crippen LogP contribution < -0.4 is 11.1 Å². The SMILES string of the molecule is Nc1nccc(Nc2cc(-c3ccc4c(c3)c(C=O)c(CC(=O)O)n4CC(=O)O)c3[nH]ncc3c2)n1. The highest BCUT2D eigenvalue weighted by atomic mass is 16.4. The molecule has 0 fully saturated rings. The summed E-state index contributed by atoms with van der Waals surface area (Å²) in [6.45, 7) is -0.474. The maximum atomic E-state index is 12.0. The third-order valence-electron chi connectivity index (χ3n) is 5.75. The van der Waals surface area contributed by atoms with Gasteiger partial charge in [0.25, 0.3) is 0 Å². The van der Waals surface area contributed by atoms with Crippen LogP contribution in [0.3, 0.4) is 0 Å². The number of hydrogen-bond donors (Lipinski definition) is 5. The fourth-order valence-corrected chi connectivity index (χ4v) is 4.33. The predicted molar refractivity (Wildman–Crippen MR) is 131 cm³/mol. The Morgan fingerprint density at radius 2 is 1.97 bits per heavy atom. The summed E-state index contributed by atoms with van der Waals surface area (Å²) in [6.07, 6.45) is 3.28. The molecular formula is C24H19N7O5. The molecular weight excluding hydrogens is 466 g/mol. The number of nitrogens with one attached hydrogen (secondary N) is 2. The topological polar surface area (TPSA) is 189 Å². The molecule has 0 bridgehead atoms. The minimum Gasteiger partial charge on any atom is -0.481 e. The van der Waals surface area contributed by atoms with Crippen molar-refractivity contribution < 1.29 is 24.6 Å². The lowest BCUT2D eigenvalue weighted by Gasteiger charge is -2.11. The molecule has 0 spiro atoms. The van der Waals surface area contributed by atoms with E-state index in [1.54, 1.807) is 30.5 Å². The van der Waals surface area contributed by atoms with Gasteiger partial charge in [0.05, 0.1) is 18.1 Å². The van der Waals surface area contributed by atoms with Crippen molar-refractivity contribution in [2.24, 2.45) is 0 Å². The van der Waals surface area contributed by atoms with Crippen molar-refractivity contribution in [1.29, 1.82) is 0 Å². The van der Waals surface area contributed by atoms with Gasteiger partial charge in [-0.05, 0) is 35.9 Å². The number of anilines is 3. The second kappa shape index (κ2) is 8.83. The molecule has 2 aromatic carbocycles. The average Bonchev–Trinajstić information content (AvgIpc) is 3.40. The molecule has 0 saturated carbocycles. The summed E-state index contributed by atoms with van der Waals surface area (Å²) in [5.74, 6) is -1.70. The second-order valence-electron chi connectivity index (χ2n) is 8.04. The number of nitrogens with zero attached hydrogens (tertiary/aromatic N) is 4. The number of rotatable bonds is 8. The number of carbonyl (C=O) groups is 3. The van der Waals surface area contributed by atoms with Crippen molar-refractivity contribution in [2.45, 2.75) is 13.0 Å². The molecule has 6 N–H and O–H groups in total. The largest absolute Gasteiger partial charge is 0.481 e. The Bertz CT molecular complexity index is 1670. The minimum absolute atomic E-state index is 0.125. The second-order valence-corrected chi connectivity index (χ2v) is 8.04. The lowest BCUT2D eigenvalue weighted by atomic mass is 9.99. The molecule has 0 aliphatic heterocycles. The number of H-pyrrole nitrogens is 1. The van der Waals surface area contributed by atoms with Crippen molar-refractivity contribution in [2.75, 3.05) is 11.1 Å². The standard InChI is InChI=1S/C24H19N7O5/c25-24-26-4-3-20(29-24)28-14-5-13-9-27-30-23(13)15(7-14)12-1-2-18-16(6-12)17(11-32)19(8-21(33)34)31(18)10-22(35)36/h1-7,9,11H,8,10H2,(H,27,30)(H,33,34)(H,35,36)(H3,25,26,28,29). The van der Waals surface area contributed by atoms with Gasteiger partial charge in [-0.1, -0.05) is 6.07 Å². The zero-order valence-corrected chi connectivity index (χ0v) is 18.6. The van der Waals surface area contributed by atoms with Crippen molar-refractivity contribution in [1.82, 2.24) is 24.7 Å². The Labute approximate surface area is 202 Å². The van der Waals surface area contributed by atoms with Crippen LogP contribution in [0.25, 0.3) is 32.9 Å². The normalized spacial score (nSPS) is 11.1. The van der Waals surface area contributed by atoms with E-state index in [2.05, 4.69) is 25.5 Å². The van der Waals surface area contributed by atoms with Crippen LogP contribution in [0.5, 0.6) is 0 Å². The molecule has 0 radical (unpaired) electrons. The molecule has 0 saturated heterocycles. The maximum absolute atomic E-state index is 12.0. The van der Waals surface area contributed by atoms with Gasteiger partial charge in [0, 0.05) is 45.0 Å². The van der Waals surface area contributed by atoms with E-state index in [0.717, 1.165) is 16.5 Å². The minimum atomic E-state index is -1.17. The van der Waals surface area contributed by atoms with E-state index in [0.29, 0.717) is 34.3 Å². The van der Waals surface area contributed by atoms with E-state index >= 15 is 0 Å². The Balaban J connectivity index is 1.68. The number of aldehydes is 1. The van der Waals surface area contributed by atoms with Crippen molar-refractivity contribution >= 4 is 57.5 Å². The van der Waals surface area contributed by atoms with Crippen LogP contribution in [0.1, 0.15) is 16.1 Å². The highest BCUT2D eigenvalue weighted by Gasteiger charge is 2.21. The van der Waals surface area contributed by atoms with Crippen LogP contribution in [-0.4, -0.2) is 53.2 Å². The number of aliphatic carboxylic acids is 2. The summed E-state index contributed by atoms with van der Waals surface area (Å²) in [7, 11) is 0. The first-order chi connectivity index (χ1) is 17.3. The molecule has 12 nitrogen and oxygen atoms in total. The van der Waals surface area contributed by atoms with E-state index in [1.165, 1.54) is 10.8 Å². The van der Waals surface area contributed by atoms with Gasteiger partial charge >= 0.3 is 11.9 Å². The van der Waals surface area contributed by atoms with Gasteiger partial charge in [-0.2, -0.15) is 10.1 Å². The fraction of sp³-hybridized carbons (Fsp3) is 0.0833. The van der Waals surface area contributed by atoms with Gasteiger partial charge in [-0.3, -0.25) is 19.5 Å². The summed E-state index contributed by atoms with van der Waals surface area (Å²) in [5.41, 5.74) is 9.30. The van der Waals surface area contributed by atoms with Crippen LogP contribution in [-0.2, 0) is 22.6 Å². The molecule has 5 aromatic rings. The monoisotopic (exact) mass is 485 g/mol. The third-order valence-corrected chi connectivity index (χ3v) is 5.75. The van der Waals surface area contributed by atoms with Crippen molar-refractivity contribution in [3.05, 3.63) is 60.0 Å². The first kappa shape index (κ1) is 22.5. The average molecular weight is 485 g/mol. The number of hydrogen-bond acceptors (Lipinski definition) is 8. The zero-order chi connectivity index (χ0) is 25.4. The Kier molecular flexibility index (Phi) is 5.53. The molecule has 180 valence electrons. The van der Waals surface area contributed by atoms with Crippen molar-refractivity contribution in [3.8, 4) is 11.1 Å². The number of carboxylic acid groups (broad SMARTS) is 2. The van der Waals surface area contributed by atoms with Gasteiger partial charge in [0.1, 0.15) is 12.4 Å². The molecule has 3 aromatic heterocycles. The highest BCUT2D eigenvalue weighted by Crippen LogP contribution is 2.35. The summed E-state index contributed by atoms with van der Waals surface area (Å²) in [5, 5.41) is 30.3. The number of aromatic nitrogens is 5. The van der Waals surface area contributed by atoms with Gasteiger partial charge in [-0.15, -0.1) is 0 Å². The third kappa shape index (κ3) is 4.07. The summed E-state index contributed by atoms with van der Waals surface area (Å²) >= 11 is 0.